The first-order chi connectivity index (χ1) is 6.36. The first kappa shape index (κ1) is 10.6. The van der Waals surface area contributed by atoms with Gasteiger partial charge < -0.3 is 14.9 Å². The Morgan fingerprint density at radius 2 is 1.64 bits per heavy atom. The van der Waals surface area contributed by atoms with E-state index in [-0.39, 0.29) is 5.75 Å². The molecule has 0 saturated heterocycles. The molecule has 0 spiro atoms. The molecule has 0 fully saturated rings. The highest BCUT2D eigenvalue weighted by atomic mass is 32.2. The topological polar surface area (TPSA) is 104 Å². The largest absolute Gasteiger partial charge is 0.504 e. The lowest BCUT2D eigenvalue weighted by molar-refractivity contribution is 0.342. The van der Waals surface area contributed by atoms with Crippen molar-refractivity contribution in [2.75, 3.05) is 7.11 Å². The van der Waals surface area contributed by atoms with Crippen molar-refractivity contribution in [3.05, 3.63) is 12.1 Å². The summed E-state index contributed by atoms with van der Waals surface area (Å²) in [6, 6.07) is 1.54. The van der Waals surface area contributed by atoms with Gasteiger partial charge in [-0.1, -0.05) is 0 Å². The van der Waals surface area contributed by atoms with Crippen molar-refractivity contribution >= 4 is 10.1 Å². The molecule has 78 valence electrons. The van der Waals surface area contributed by atoms with Crippen LogP contribution < -0.4 is 4.74 Å². The van der Waals surface area contributed by atoms with Gasteiger partial charge in [0.1, 0.15) is 4.90 Å². The van der Waals surface area contributed by atoms with Gasteiger partial charge in [-0.2, -0.15) is 8.42 Å². The molecule has 1 aromatic rings. The second kappa shape index (κ2) is 3.35. The Hall–Kier alpha value is -1.47. The molecule has 1 aromatic carbocycles. The fraction of sp³-hybridized carbons (Fsp3) is 0.143. The number of ether oxygens (including phenoxy) is 1. The molecule has 6 nitrogen and oxygen atoms in total. The van der Waals surface area contributed by atoms with E-state index in [9.17, 15) is 18.6 Å². The molecule has 0 aromatic heterocycles. The van der Waals surface area contributed by atoms with E-state index >= 15 is 0 Å². The molecular weight excluding hydrogens is 212 g/mol. The second-order valence-corrected chi connectivity index (χ2v) is 3.89. The van der Waals surface area contributed by atoms with E-state index in [0.29, 0.717) is 0 Å². The summed E-state index contributed by atoms with van der Waals surface area (Å²) in [5, 5.41) is 18.3. The quantitative estimate of drug-likeness (QED) is 0.621. The molecule has 1 rings (SSSR count). The minimum atomic E-state index is -4.45. The molecule has 3 N–H and O–H groups in total. The second-order valence-electron chi connectivity index (χ2n) is 2.47. The minimum Gasteiger partial charge on any atom is -0.504 e. The molecule has 0 heterocycles. The summed E-state index contributed by atoms with van der Waals surface area (Å²) in [6.45, 7) is 0. The van der Waals surface area contributed by atoms with Gasteiger partial charge in [0.25, 0.3) is 10.1 Å². The summed E-state index contributed by atoms with van der Waals surface area (Å²) < 4.78 is 34.4. The molecule has 0 radical (unpaired) electrons. The zero-order valence-electron chi connectivity index (χ0n) is 7.13. The van der Waals surface area contributed by atoms with Crippen molar-refractivity contribution in [1.29, 1.82) is 0 Å². The van der Waals surface area contributed by atoms with Crippen LogP contribution in [0.15, 0.2) is 17.0 Å². The maximum atomic E-state index is 10.6. The van der Waals surface area contributed by atoms with Gasteiger partial charge in [-0.3, -0.25) is 4.55 Å². The SMILES string of the molecule is COc1c(O)cc(S(=O)(=O)O)cc1O. The number of hydrogen-bond acceptors (Lipinski definition) is 5. The van der Waals surface area contributed by atoms with Crippen LogP contribution in [-0.4, -0.2) is 30.3 Å². The van der Waals surface area contributed by atoms with Gasteiger partial charge in [0.05, 0.1) is 7.11 Å². The van der Waals surface area contributed by atoms with Crippen molar-refractivity contribution in [3.8, 4) is 17.2 Å². The van der Waals surface area contributed by atoms with Crippen LogP contribution in [0.3, 0.4) is 0 Å². The average Bonchev–Trinajstić information content (AvgIpc) is 2.01. The molecule has 0 aliphatic heterocycles. The van der Waals surface area contributed by atoms with Crippen LogP contribution in [0.5, 0.6) is 17.2 Å². The van der Waals surface area contributed by atoms with Crippen molar-refractivity contribution in [2.45, 2.75) is 4.90 Å². The third-order valence-corrected chi connectivity index (χ3v) is 2.36. The Labute approximate surface area is 80.1 Å². The summed E-state index contributed by atoms with van der Waals surface area (Å²) in [6.07, 6.45) is 0. The average molecular weight is 220 g/mol. The van der Waals surface area contributed by atoms with Crippen LogP contribution in [0.4, 0.5) is 0 Å². The molecule has 0 amide bonds. The standard InChI is InChI=1S/C7H8O6S/c1-13-7-5(8)2-4(3-6(7)9)14(10,11)12/h2-3,8-9H,1H3,(H,10,11,12). The molecule has 0 atom stereocenters. The van der Waals surface area contributed by atoms with E-state index in [1.54, 1.807) is 0 Å². The Kier molecular flexibility index (Phi) is 2.54. The Morgan fingerprint density at radius 3 is 1.93 bits per heavy atom. The third-order valence-electron chi connectivity index (χ3n) is 1.53. The van der Waals surface area contributed by atoms with Gasteiger partial charge in [-0.15, -0.1) is 0 Å². The zero-order chi connectivity index (χ0) is 10.9. The van der Waals surface area contributed by atoms with E-state index < -0.39 is 26.5 Å². The Morgan fingerprint density at radius 1 is 1.21 bits per heavy atom. The molecule has 0 aliphatic rings. The van der Waals surface area contributed by atoms with Gasteiger partial charge in [0, 0.05) is 12.1 Å². The number of rotatable bonds is 2. The molecule has 0 bridgehead atoms. The van der Waals surface area contributed by atoms with Crippen LogP contribution in [0, 0.1) is 0 Å². The van der Waals surface area contributed by atoms with Crippen molar-refractivity contribution in [3.63, 3.8) is 0 Å². The smallest absolute Gasteiger partial charge is 0.294 e. The number of phenols is 2. The molecular formula is C7H8O6S. The van der Waals surface area contributed by atoms with Gasteiger partial charge in [-0.25, -0.2) is 0 Å². The lowest BCUT2D eigenvalue weighted by atomic mass is 10.3. The summed E-state index contributed by atoms with van der Waals surface area (Å²) in [5.41, 5.74) is 0. The predicted octanol–water partition coefficient (Wildman–Crippen LogP) is 0.353. The summed E-state index contributed by atoms with van der Waals surface area (Å²) in [5.74, 6) is -1.39. The van der Waals surface area contributed by atoms with Crippen LogP contribution >= 0.6 is 0 Å². The van der Waals surface area contributed by atoms with E-state index in [4.69, 9.17) is 4.55 Å². The van der Waals surface area contributed by atoms with E-state index in [2.05, 4.69) is 4.74 Å². The fourth-order valence-corrected chi connectivity index (χ4v) is 1.45. The van der Waals surface area contributed by atoms with E-state index in [0.717, 1.165) is 12.1 Å². The number of methoxy groups -OCH3 is 1. The Balaban J connectivity index is 3.43. The van der Waals surface area contributed by atoms with Crippen LogP contribution in [0.2, 0.25) is 0 Å². The van der Waals surface area contributed by atoms with Gasteiger partial charge >= 0.3 is 0 Å². The van der Waals surface area contributed by atoms with Crippen molar-refractivity contribution < 1.29 is 27.9 Å². The highest BCUT2D eigenvalue weighted by Crippen LogP contribution is 2.37. The van der Waals surface area contributed by atoms with Crippen molar-refractivity contribution in [1.82, 2.24) is 0 Å². The van der Waals surface area contributed by atoms with Crippen LogP contribution in [-0.2, 0) is 10.1 Å². The lowest BCUT2D eigenvalue weighted by Gasteiger charge is -2.06. The van der Waals surface area contributed by atoms with Gasteiger partial charge in [0.15, 0.2) is 11.5 Å². The number of hydrogen-bond donors (Lipinski definition) is 3. The van der Waals surface area contributed by atoms with Gasteiger partial charge in [-0.05, 0) is 0 Å². The first-order valence-corrected chi connectivity index (χ1v) is 4.87. The number of aromatic hydroxyl groups is 2. The summed E-state index contributed by atoms with van der Waals surface area (Å²) in [7, 11) is -3.25. The van der Waals surface area contributed by atoms with E-state index in [1.165, 1.54) is 7.11 Å². The predicted molar refractivity (Wildman–Crippen MR) is 46.1 cm³/mol. The zero-order valence-corrected chi connectivity index (χ0v) is 7.95. The monoisotopic (exact) mass is 220 g/mol. The summed E-state index contributed by atoms with van der Waals surface area (Å²) in [4.78, 5) is -0.603. The van der Waals surface area contributed by atoms with Crippen LogP contribution in [0.25, 0.3) is 0 Å². The fourth-order valence-electron chi connectivity index (χ4n) is 0.932. The normalized spacial score (nSPS) is 11.3. The molecule has 7 heteroatoms. The Bertz CT molecular complexity index is 426. The molecule has 0 unspecified atom stereocenters. The highest BCUT2D eigenvalue weighted by Gasteiger charge is 2.16. The molecule has 0 aliphatic carbocycles. The summed E-state index contributed by atoms with van der Waals surface area (Å²) >= 11 is 0. The highest BCUT2D eigenvalue weighted by molar-refractivity contribution is 7.85. The first-order valence-electron chi connectivity index (χ1n) is 3.43. The van der Waals surface area contributed by atoms with Gasteiger partial charge in [0.2, 0.25) is 5.75 Å². The lowest BCUT2D eigenvalue weighted by Crippen LogP contribution is -1.98. The third kappa shape index (κ3) is 1.88. The maximum absolute atomic E-state index is 10.6. The van der Waals surface area contributed by atoms with E-state index in [1.807, 2.05) is 0 Å². The van der Waals surface area contributed by atoms with Crippen LogP contribution in [0.1, 0.15) is 0 Å². The number of phenolic OH excluding ortho intramolecular Hbond substituents is 2. The minimum absolute atomic E-state index is 0.252. The maximum Gasteiger partial charge on any atom is 0.294 e. The number of benzene rings is 1. The van der Waals surface area contributed by atoms with Crippen molar-refractivity contribution in [2.24, 2.45) is 0 Å². The molecule has 14 heavy (non-hydrogen) atoms. The molecule has 0 saturated carbocycles.